The van der Waals surface area contributed by atoms with Gasteiger partial charge in [-0.05, 0) is 24.1 Å². The Hall–Kier alpha value is -2.21. The van der Waals surface area contributed by atoms with Gasteiger partial charge < -0.3 is 11.1 Å². The van der Waals surface area contributed by atoms with Crippen LogP contribution in [0.2, 0.25) is 0 Å². The van der Waals surface area contributed by atoms with Crippen molar-refractivity contribution in [3.8, 4) is 0 Å². The molecule has 1 amide bonds. The molecule has 1 aromatic carbocycles. The third-order valence-electron chi connectivity index (χ3n) is 3.33. The molecule has 0 spiro atoms. The summed E-state index contributed by atoms with van der Waals surface area (Å²) in [5, 5.41) is 6.97. The van der Waals surface area contributed by atoms with E-state index in [2.05, 4.69) is 22.3 Å². The van der Waals surface area contributed by atoms with Crippen molar-refractivity contribution >= 4 is 11.6 Å². The Morgan fingerprint density at radius 2 is 2.14 bits per heavy atom. The summed E-state index contributed by atoms with van der Waals surface area (Å²) in [5.41, 5.74) is 7.53. The standard InChI is InChI=1S/C15H21N5O/c1-2-3-13(8-16)15(21)19-14-6-4-12(5-7-14)9-20-11-17-10-18-20/h4-7,10-11,13H,2-3,8-9,16H2,1H3,(H,19,21). The van der Waals surface area contributed by atoms with Gasteiger partial charge in [0.05, 0.1) is 12.5 Å². The maximum absolute atomic E-state index is 12.1. The van der Waals surface area contributed by atoms with E-state index in [-0.39, 0.29) is 11.8 Å². The van der Waals surface area contributed by atoms with Crippen LogP contribution < -0.4 is 11.1 Å². The molecule has 21 heavy (non-hydrogen) atoms. The first-order valence-electron chi connectivity index (χ1n) is 7.15. The molecule has 0 aliphatic carbocycles. The highest BCUT2D eigenvalue weighted by Gasteiger charge is 2.15. The van der Waals surface area contributed by atoms with Gasteiger partial charge >= 0.3 is 0 Å². The average molecular weight is 287 g/mol. The van der Waals surface area contributed by atoms with E-state index in [1.54, 1.807) is 11.0 Å². The van der Waals surface area contributed by atoms with Gasteiger partial charge in [0.15, 0.2) is 0 Å². The van der Waals surface area contributed by atoms with Crippen LogP contribution in [-0.4, -0.2) is 27.2 Å². The highest BCUT2D eigenvalue weighted by molar-refractivity contribution is 5.92. The molecule has 0 saturated carbocycles. The Bertz CT molecular complexity index is 550. The number of nitrogens with one attached hydrogen (secondary N) is 1. The van der Waals surface area contributed by atoms with Gasteiger partial charge in [0, 0.05) is 12.2 Å². The maximum atomic E-state index is 12.1. The molecule has 0 fully saturated rings. The number of carbonyl (C=O) groups excluding carboxylic acids is 1. The molecule has 2 rings (SSSR count). The molecular formula is C15H21N5O. The number of anilines is 1. The topological polar surface area (TPSA) is 85.8 Å². The molecule has 1 heterocycles. The minimum absolute atomic E-state index is 0.0108. The third kappa shape index (κ3) is 4.39. The van der Waals surface area contributed by atoms with Gasteiger partial charge in [0.1, 0.15) is 12.7 Å². The first-order valence-corrected chi connectivity index (χ1v) is 7.15. The summed E-state index contributed by atoms with van der Waals surface area (Å²) in [6, 6.07) is 7.72. The minimum atomic E-state index is -0.121. The van der Waals surface area contributed by atoms with Crippen molar-refractivity contribution in [2.75, 3.05) is 11.9 Å². The van der Waals surface area contributed by atoms with E-state index in [4.69, 9.17) is 5.73 Å². The number of hydrogen-bond acceptors (Lipinski definition) is 4. The van der Waals surface area contributed by atoms with Crippen molar-refractivity contribution < 1.29 is 4.79 Å². The lowest BCUT2D eigenvalue weighted by Gasteiger charge is -2.14. The molecule has 1 unspecified atom stereocenters. The number of aromatic nitrogens is 3. The average Bonchev–Trinajstić information content (AvgIpc) is 2.99. The van der Waals surface area contributed by atoms with Crippen molar-refractivity contribution in [2.45, 2.75) is 26.3 Å². The summed E-state index contributed by atoms with van der Waals surface area (Å²) in [5.74, 6) is -0.131. The van der Waals surface area contributed by atoms with Crippen molar-refractivity contribution in [2.24, 2.45) is 11.7 Å². The van der Waals surface area contributed by atoms with Crippen LogP contribution in [-0.2, 0) is 11.3 Å². The van der Waals surface area contributed by atoms with Crippen molar-refractivity contribution in [1.82, 2.24) is 14.8 Å². The number of rotatable bonds is 7. The fourth-order valence-electron chi connectivity index (χ4n) is 2.14. The first kappa shape index (κ1) is 15.2. The van der Waals surface area contributed by atoms with E-state index in [9.17, 15) is 4.79 Å². The van der Waals surface area contributed by atoms with Crippen LogP contribution in [0.4, 0.5) is 5.69 Å². The summed E-state index contributed by atoms with van der Waals surface area (Å²) >= 11 is 0. The molecule has 1 atom stereocenters. The number of nitrogens with two attached hydrogens (primary N) is 1. The first-order chi connectivity index (χ1) is 10.2. The molecule has 0 aliphatic heterocycles. The second kappa shape index (κ2) is 7.54. The van der Waals surface area contributed by atoms with Gasteiger partial charge in [-0.15, -0.1) is 0 Å². The number of carbonyl (C=O) groups is 1. The van der Waals surface area contributed by atoms with E-state index in [1.165, 1.54) is 6.33 Å². The zero-order valence-electron chi connectivity index (χ0n) is 12.2. The Balaban J connectivity index is 1.94. The summed E-state index contributed by atoms with van der Waals surface area (Å²) in [6.45, 7) is 3.09. The lowest BCUT2D eigenvalue weighted by Crippen LogP contribution is -2.29. The molecular weight excluding hydrogens is 266 g/mol. The van der Waals surface area contributed by atoms with E-state index in [0.717, 1.165) is 24.1 Å². The van der Waals surface area contributed by atoms with Crippen LogP contribution in [0.5, 0.6) is 0 Å². The fourth-order valence-corrected chi connectivity index (χ4v) is 2.14. The van der Waals surface area contributed by atoms with Gasteiger partial charge in [-0.25, -0.2) is 9.67 Å². The van der Waals surface area contributed by atoms with E-state index in [0.29, 0.717) is 13.1 Å². The smallest absolute Gasteiger partial charge is 0.228 e. The molecule has 1 aromatic heterocycles. The van der Waals surface area contributed by atoms with Crippen LogP contribution in [0.25, 0.3) is 0 Å². The van der Waals surface area contributed by atoms with Gasteiger partial charge in [-0.3, -0.25) is 4.79 Å². The molecule has 112 valence electrons. The van der Waals surface area contributed by atoms with Crippen molar-refractivity contribution in [3.05, 3.63) is 42.5 Å². The van der Waals surface area contributed by atoms with Gasteiger partial charge in [0.2, 0.25) is 5.91 Å². The zero-order valence-corrected chi connectivity index (χ0v) is 12.2. The quantitative estimate of drug-likeness (QED) is 0.810. The van der Waals surface area contributed by atoms with Crippen molar-refractivity contribution in [3.63, 3.8) is 0 Å². The minimum Gasteiger partial charge on any atom is -0.330 e. The van der Waals surface area contributed by atoms with E-state index in [1.807, 2.05) is 24.3 Å². The molecule has 3 N–H and O–H groups in total. The van der Waals surface area contributed by atoms with Crippen LogP contribution >= 0.6 is 0 Å². The van der Waals surface area contributed by atoms with Crippen LogP contribution in [0.1, 0.15) is 25.3 Å². The number of benzene rings is 1. The maximum Gasteiger partial charge on any atom is 0.228 e. The predicted octanol–water partition coefficient (Wildman–Crippen LogP) is 1.64. The predicted molar refractivity (Wildman–Crippen MR) is 81.6 cm³/mol. The van der Waals surface area contributed by atoms with Gasteiger partial charge in [0.25, 0.3) is 0 Å². The van der Waals surface area contributed by atoms with Crippen LogP contribution in [0.15, 0.2) is 36.9 Å². The molecule has 0 aliphatic rings. The second-order valence-corrected chi connectivity index (χ2v) is 5.00. The second-order valence-electron chi connectivity index (χ2n) is 5.00. The normalized spacial score (nSPS) is 12.1. The third-order valence-corrected chi connectivity index (χ3v) is 3.33. The summed E-state index contributed by atoms with van der Waals surface area (Å²) in [6.07, 6.45) is 4.94. The molecule has 6 nitrogen and oxygen atoms in total. The monoisotopic (exact) mass is 287 g/mol. The van der Waals surface area contributed by atoms with Crippen LogP contribution in [0.3, 0.4) is 0 Å². The number of amides is 1. The Labute approximate surface area is 124 Å². The zero-order chi connectivity index (χ0) is 15.1. The highest BCUT2D eigenvalue weighted by Crippen LogP contribution is 2.13. The molecule has 0 saturated heterocycles. The lowest BCUT2D eigenvalue weighted by atomic mass is 10.0. The molecule has 2 aromatic rings. The number of hydrogen-bond donors (Lipinski definition) is 2. The Morgan fingerprint density at radius 3 is 2.71 bits per heavy atom. The van der Waals surface area contributed by atoms with E-state index < -0.39 is 0 Å². The fraction of sp³-hybridized carbons (Fsp3) is 0.400. The largest absolute Gasteiger partial charge is 0.330 e. The number of nitrogens with zero attached hydrogens (tertiary/aromatic N) is 3. The van der Waals surface area contributed by atoms with Gasteiger partial charge in [-0.2, -0.15) is 5.10 Å². The highest BCUT2D eigenvalue weighted by atomic mass is 16.1. The summed E-state index contributed by atoms with van der Waals surface area (Å²) in [7, 11) is 0. The van der Waals surface area contributed by atoms with Gasteiger partial charge in [-0.1, -0.05) is 25.5 Å². The lowest BCUT2D eigenvalue weighted by molar-refractivity contribution is -0.119. The summed E-state index contributed by atoms with van der Waals surface area (Å²) in [4.78, 5) is 16.0. The van der Waals surface area contributed by atoms with Crippen LogP contribution in [0, 0.1) is 5.92 Å². The summed E-state index contributed by atoms with van der Waals surface area (Å²) < 4.78 is 1.75. The Kier molecular flexibility index (Phi) is 5.45. The molecule has 0 bridgehead atoms. The van der Waals surface area contributed by atoms with E-state index >= 15 is 0 Å². The SMILES string of the molecule is CCCC(CN)C(=O)Nc1ccc(Cn2cncn2)cc1. The molecule has 6 heteroatoms. The molecule has 0 radical (unpaired) electrons. The Morgan fingerprint density at radius 1 is 1.38 bits per heavy atom. The van der Waals surface area contributed by atoms with Crippen molar-refractivity contribution in [1.29, 1.82) is 0 Å².